The summed E-state index contributed by atoms with van der Waals surface area (Å²) in [5.74, 6) is -0.453. The molecule has 2 aromatic rings. The lowest BCUT2D eigenvalue weighted by Crippen LogP contribution is -2.15. The topological polar surface area (TPSA) is 67.4 Å². The first kappa shape index (κ1) is 17.2. The van der Waals surface area contributed by atoms with E-state index >= 15 is 0 Å². The Bertz CT molecular complexity index is 714. The van der Waals surface area contributed by atoms with Crippen LogP contribution in [0.4, 0.5) is 11.4 Å². The monoisotopic (exact) mass is 376 g/mol. The largest absolute Gasteiger partial charge is 0.380 e. The number of ether oxygens (including phenoxy) is 1. The van der Waals surface area contributed by atoms with Gasteiger partial charge in [-0.25, -0.2) is 0 Å². The van der Waals surface area contributed by atoms with Crippen LogP contribution in [0.25, 0.3) is 0 Å². The van der Waals surface area contributed by atoms with Gasteiger partial charge in [-0.3, -0.25) is 9.59 Å². The Morgan fingerprint density at radius 1 is 1.04 bits per heavy atom. The summed E-state index contributed by atoms with van der Waals surface area (Å²) in [5.41, 5.74) is 2.59. The van der Waals surface area contributed by atoms with Gasteiger partial charge >= 0.3 is 0 Å². The zero-order valence-electron chi connectivity index (χ0n) is 12.9. The smallest absolute Gasteiger partial charge is 0.255 e. The van der Waals surface area contributed by atoms with Crippen LogP contribution >= 0.6 is 15.9 Å². The summed E-state index contributed by atoms with van der Waals surface area (Å²) in [6, 6.07) is 12.4. The molecule has 120 valence electrons. The van der Waals surface area contributed by atoms with Gasteiger partial charge in [0.05, 0.1) is 18.0 Å². The maximum Gasteiger partial charge on any atom is 0.255 e. The molecule has 0 heterocycles. The van der Waals surface area contributed by atoms with E-state index in [1.807, 2.05) is 12.1 Å². The maximum absolute atomic E-state index is 12.4. The highest BCUT2D eigenvalue weighted by Crippen LogP contribution is 2.26. The highest BCUT2D eigenvalue weighted by Gasteiger charge is 2.11. The molecule has 23 heavy (non-hydrogen) atoms. The number of anilines is 2. The molecule has 0 aliphatic rings. The summed E-state index contributed by atoms with van der Waals surface area (Å²) >= 11 is 3.36. The number of benzene rings is 2. The summed E-state index contributed by atoms with van der Waals surface area (Å²) in [6.07, 6.45) is 0. The van der Waals surface area contributed by atoms with Gasteiger partial charge in [0.1, 0.15) is 0 Å². The minimum atomic E-state index is -0.251. The van der Waals surface area contributed by atoms with Crippen LogP contribution in [0.2, 0.25) is 0 Å². The zero-order chi connectivity index (χ0) is 16.8. The molecule has 5 nitrogen and oxygen atoms in total. The number of hydrogen-bond acceptors (Lipinski definition) is 3. The summed E-state index contributed by atoms with van der Waals surface area (Å²) in [6.45, 7) is 1.92. The van der Waals surface area contributed by atoms with Gasteiger partial charge in [-0.1, -0.05) is 28.1 Å². The summed E-state index contributed by atoms with van der Waals surface area (Å²) in [4.78, 5) is 23.6. The van der Waals surface area contributed by atoms with Crippen molar-refractivity contribution in [1.29, 1.82) is 0 Å². The van der Waals surface area contributed by atoms with Crippen molar-refractivity contribution in [1.82, 2.24) is 0 Å². The molecule has 2 rings (SSSR count). The normalized spacial score (nSPS) is 10.2. The highest BCUT2D eigenvalue weighted by atomic mass is 79.9. The van der Waals surface area contributed by atoms with Gasteiger partial charge in [0, 0.05) is 24.1 Å². The number of methoxy groups -OCH3 is 1. The van der Waals surface area contributed by atoms with Crippen LogP contribution in [0.5, 0.6) is 0 Å². The molecule has 0 aliphatic carbocycles. The maximum atomic E-state index is 12.4. The number of halogens is 1. The Morgan fingerprint density at radius 2 is 1.74 bits per heavy atom. The molecule has 0 saturated heterocycles. The van der Waals surface area contributed by atoms with E-state index in [0.717, 1.165) is 10.0 Å². The lowest BCUT2D eigenvalue weighted by atomic mass is 10.1. The fourth-order valence-corrected chi connectivity index (χ4v) is 2.39. The van der Waals surface area contributed by atoms with Gasteiger partial charge < -0.3 is 15.4 Å². The molecule has 2 aromatic carbocycles. The number of amides is 2. The van der Waals surface area contributed by atoms with Crippen LogP contribution in [-0.4, -0.2) is 18.9 Å². The Hall–Kier alpha value is -2.18. The predicted octanol–water partition coefficient (Wildman–Crippen LogP) is 3.81. The van der Waals surface area contributed by atoms with Crippen molar-refractivity contribution in [3.05, 3.63) is 58.1 Å². The van der Waals surface area contributed by atoms with Gasteiger partial charge in [0.25, 0.3) is 5.91 Å². The van der Waals surface area contributed by atoms with E-state index in [9.17, 15) is 9.59 Å². The van der Waals surface area contributed by atoms with Crippen molar-refractivity contribution in [2.75, 3.05) is 17.7 Å². The molecule has 2 amide bonds. The van der Waals surface area contributed by atoms with E-state index in [0.29, 0.717) is 23.5 Å². The van der Waals surface area contributed by atoms with Gasteiger partial charge in [-0.05, 0) is 35.9 Å². The third-order valence-corrected chi connectivity index (χ3v) is 3.56. The first-order chi connectivity index (χ1) is 11.0. The van der Waals surface area contributed by atoms with E-state index in [1.165, 1.54) is 6.92 Å². The molecule has 6 heteroatoms. The van der Waals surface area contributed by atoms with E-state index in [2.05, 4.69) is 26.6 Å². The van der Waals surface area contributed by atoms with E-state index < -0.39 is 0 Å². The average Bonchev–Trinajstić information content (AvgIpc) is 2.50. The Balaban J connectivity index is 2.18. The third kappa shape index (κ3) is 4.91. The summed E-state index contributed by atoms with van der Waals surface area (Å²) in [7, 11) is 1.62. The van der Waals surface area contributed by atoms with Crippen molar-refractivity contribution in [2.45, 2.75) is 13.5 Å². The number of nitrogens with one attached hydrogen (secondary N) is 2. The lowest BCUT2D eigenvalue weighted by Gasteiger charge is -2.12. The van der Waals surface area contributed by atoms with Crippen LogP contribution in [0, 0.1) is 0 Å². The minimum Gasteiger partial charge on any atom is -0.380 e. The number of carbonyl (C=O) groups is 2. The summed E-state index contributed by atoms with van der Waals surface area (Å²) < 4.78 is 5.85. The minimum absolute atomic E-state index is 0.202. The van der Waals surface area contributed by atoms with Gasteiger partial charge in [0.2, 0.25) is 5.91 Å². The number of rotatable bonds is 5. The molecule has 0 bridgehead atoms. The molecular weight excluding hydrogens is 360 g/mol. The molecule has 0 spiro atoms. The molecule has 0 aromatic heterocycles. The Labute approximate surface area is 143 Å². The highest BCUT2D eigenvalue weighted by molar-refractivity contribution is 9.10. The SMILES string of the molecule is COCc1ccc(C(=O)Nc2cc(Br)ccc2NC(C)=O)cc1. The molecular formula is C17H17BrN2O3. The zero-order valence-corrected chi connectivity index (χ0v) is 14.4. The third-order valence-electron chi connectivity index (χ3n) is 3.07. The second-order valence-corrected chi connectivity index (χ2v) is 5.87. The molecule has 0 atom stereocenters. The standard InChI is InChI=1S/C17H17BrN2O3/c1-11(21)19-15-8-7-14(18)9-16(15)20-17(22)13-5-3-12(4-6-13)10-23-2/h3-9H,10H2,1-2H3,(H,19,21)(H,20,22). The number of carbonyl (C=O) groups excluding carboxylic acids is 2. The fraction of sp³-hybridized carbons (Fsp3) is 0.176. The van der Waals surface area contributed by atoms with Crippen LogP contribution < -0.4 is 10.6 Å². The van der Waals surface area contributed by atoms with Crippen LogP contribution in [0.15, 0.2) is 46.9 Å². The Kier molecular flexibility index (Phi) is 5.90. The lowest BCUT2D eigenvalue weighted by molar-refractivity contribution is -0.114. The van der Waals surface area contributed by atoms with Crippen molar-refractivity contribution in [3.63, 3.8) is 0 Å². The average molecular weight is 377 g/mol. The van der Waals surface area contributed by atoms with Crippen molar-refractivity contribution in [3.8, 4) is 0 Å². The predicted molar refractivity (Wildman–Crippen MR) is 93.6 cm³/mol. The van der Waals surface area contributed by atoms with Crippen molar-refractivity contribution >= 4 is 39.1 Å². The van der Waals surface area contributed by atoms with Crippen LogP contribution in [0.1, 0.15) is 22.8 Å². The van der Waals surface area contributed by atoms with Crippen molar-refractivity contribution < 1.29 is 14.3 Å². The Morgan fingerprint density at radius 3 is 2.35 bits per heavy atom. The molecule has 0 aliphatic heterocycles. The summed E-state index contributed by atoms with van der Waals surface area (Å²) in [5, 5.41) is 5.50. The van der Waals surface area contributed by atoms with Crippen LogP contribution in [-0.2, 0) is 16.1 Å². The second-order valence-electron chi connectivity index (χ2n) is 4.96. The fourth-order valence-electron chi connectivity index (χ4n) is 2.03. The van der Waals surface area contributed by atoms with Crippen molar-refractivity contribution in [2.24, 2.45) is 0 Å². The molecule has 2 N–H and O–H groups in total. The van der Waals surface area contributed by atoms with E-state index in [-0.39, 0.29) is 11.8 Å². The number of hydrogen-bond donors (Lipinski definition) is 2. The molecule has 0 radical (unpaired) electrons. The van der Waals surface area contributed by atoms with Gasteiger partial charge in [-0.2, -0.15) is 0 Å². The second kappa shape index (κ2) is 7.89. The molecule has 0 unspecified atom stereocenters. The molecule has 0 saturated carbocycles. The van der Waals surface area contributed by atoms with Crippen LogP contribution in [0.3, 0.4) is 0 Å². The van der Waals surface area contributed by atoms with Gasteiger partial charge in [0.15, 0.2) is 0 Å². The first-order valence-electron chi connectivity index (χ1n) is 6.96. The van der Waals surface area contributed by atoms with Gasteiger partial charge in [-0.15, -0.1) is 0 Å². The first-order valence-corrected chi connectivity index (χ1v) is 7.75. The molecule has 0 fully saturated rings. The van der Waals surface area contributed by atoms with E-state index in [1.54, 1.807) is 37.4 Å². The quantitative estimate of drug-likeness (QED) is 0.833. The van der Waals surface area contributed by atoms with E-state index in [4.69, 9.17) is 4.74 Å².